The average Bonchev–Trinajstić information content (AvgIpc) is 2.31. The van der Waals surface area contributed by atoms with Gasteiger partial charge in [0.25, 0.3) is 0 Å². The molecule has 1 aromatic rings. The molecule has 1 aliphatic heterocycles. The standard InChI is InChI=1S/C13H18FN3O.ClH/c1-13(2)6-3-7-15-11(13)12(18)17-10-5-4-9(14)8-16-10;/h4-5,8,11,15H,3,6-7H2,1-2H3,(H,16,17,18);1H. The van der Waals surface area contributed by atoms with Crippen molar-refractivity contribution in [2.75, 3.05) is 11.9 Å². The lowest BCUT2D eigenvalue weighted by atomic mass is 9.77. The first-order chi connectivity index (χ1) is 8.49. The third-order valence-corrected chi connectivity index (χ3v) is 3.37. The van der Waals surface area contributed by atoms with Crippen LogP contribution < -0.4 is 10.6 Å². The Bertz CT molecular complexity index is 436. The van der Waals surface area contributed by atoms with E-state index >= 15 is 0 Å². The van der Waals surface area contributed by atoms with E-state index in [1.807, 2.05) is 0 Å². The number of aromatic nitrogens is 1. The van der Waals surface area contributed by atoms with Crippen LogP contribution in [0.5, 0.6) is 0 Å². The Morgan fingerprint density at radius 2 is 2.26 bits per heavy atom. The second-order valence-electron chi connectivity index (χ2n) is 5.33. The van der Waals surface area contributed by atoms with Crippen molar-refractivity contribution in [1.29, 1.82) is 0 Å². The molecule has 1 unspecified atom stereocenters. The number of hydrogen-bond donors (Lipinski definition) is 2. The van der Waals surface area contributed by atoms with Gasteiger partial charge in [0.15, 0.2) is 0 Å². The van der Waals surface area contributed by atoms with Crippen molar-refractivity contribution in [3.8, 4) is 0 Å². The highest BCUT2D eigenvalue weighted by Gasteiger charge is 2.37. The van der Waals surface area contributed by atoms with Crippen LogP contribution in [0.1, 0.15) is 26.7 Å². The Balaban J connectivity index is 0.00000180. The number of nitrogens with one attached hydrogen (secondary N) is 2. The number of piperidine rings is 1. The van der Waals surface area contributed by atoms with Gasteiger partial charge >= 0.3 is 0 Å². The number of halogens is 2. The monoisotopic (exact) mass is 287 g/mol. The second kappa shape index (κ2) is 6.30. The van der Waals surface area contributed by atoms with E-state index in [1.165, 1.54) is 12.1 Å². The summed E-state index contributed by atoms with van der Waals surface area (Å²) in [5, 5.41) is 5.94. The summed E-state index contributed by atoms with van der Waals surface area (Å²) in [6.07, 6.45) is 3.18. The molecule has 0 spiro atoms. The van der Waals surface area contributed by atoms with Gasteiger partial charge < -0.3 is 10.6 Å². The fourth-order valence-electron chi connectivity index (χ4n) is 2.31. The maximum absolute atomic E-state index is 12.7. The normalized spacial score (nSPS) is 21.3. The van der Waals surface area contributed by atoms with Crippen LogP contribution in [0.25, 0.3) is 0 Å². The van der Waals surface area contributed by atoms with Gasteiger partial charge in [-0.05, 0) is 36.9 Å². The van der Waals surface area contributed by atoms with E-state index in [-0.39, 0.29) is 29.8 Å². The first-order valence-corrected chi connectivity index (χ1v) is 6.15. The molecule has 0 aromatic carbocycles. The fourth-order valence-corrected chi connectivity index (χ4v) is 2.31. The van der Waals surface area contributed by atoms with Gasteiger partial charge in [-0.3, -0.25) is 4.79 Å². The predicted molar refractivity (Wildman–Crippen MR) is 74.9 cm³/mol. The molecule has 106 valence electrons. The Kier molecular flexibility index (Phi) is 5.26. The van der Waals surface area contributed by atoms with Crippen LogP contribution in [-0.4, -0.2) is 23.5 Å². The smallest absolute Gasteiger partial charge is 0.243 e. The van der Waals surface area contributed by atoms with E-state index in [2.05, 4.69) is 29.5 Å². The van der Waals surface area contributed by atoms with Gasteiger partial charge in [-0.15, -0.1) is 12.4 Å². The van der Waals surface area contributed by atoms with Crippen LogP contribution in [0, 0.1) is 11.2 Å². The van der Waals surface area contributed by atoms with Crippen molar-refractivity contribution >= 4 is 24.1 Å². The van der Waals surface area contributed by atoms with Crippen molar-refractivity contribution in [2.24, 2.45) is 5.41 Å². The highest BCUT2D eigenvalue weighted by Crippen LogP contribution is 2.30. The van der Waals surface area contributed by atoms with Gasteiger partial charge in [0, 0.05) is 0 Å². The lowest BCUT2D eigenvalue weighted by molar-refractivity contribution is -0.121. The van der Waals surface area contributed by atoms with E-state index in [9.17, 15) is 9.18 Å². The molecule has 1 atom stereocenters. The molecule has 4 nitrogen and oxygen atoms in total. The Morgan fingerprint density at radius 1 is 1.53 bits per heavy atom. The summed E-state index contributed by atoms with van der Waals surface area (Å²) in [4.78, 5) is 16.0. The minimum absolute atomic E-state index is 0. The van der Waals surface area contributed by atoms with E-state index in [4.69, 9.17) is 0 Å². The molecule has 1 fully saturated rings. The molecule has 2 rings (SSSR count). The molecule has 2 N–H and O–H groups in total. The molecule has 1 saturated heterocycles. The lowest BCUT2D eigenvalue weighted by Gasteiger charge is -2.38. The number of nitrogens with zero attached hydrogens (tertiary/aromatic N) is 1. The minimum Gasteiger partial charge on any atom is -0.309 e. The number of carbonyl (C=O) groups excluding carboxylic acids is 1. The SMILES string of the molecule is CC1(C)CCCNC1C(=O)Nc1ccc(F)cn1.Cl. The highest BCUT2D eigenvalue weighted by atomic mass is 35.5. The zero-order valence-corrected chi connectivity index (χ0v) is 11.9. The molecule has 2 heterocycles. The second-order valence-corrected chi connectivity index (χ2v) is 5.33. The first-order valence-electron chi connectivity index (χ1n) is 6.15. The van der Waals surface area contributed by atoms with Gasteiger partial charge in [-0.2, -0.15) is 0 Å². The quantitative estimate of drug-likeness (QED) is 0.878. The molecule has 0 radical (unpaired) electrons. The molecule has 1 aliphatic rings. The molecule has 0 bridgehead atoms. The molecular weight excluding hydrogens is 269 g/mol. The van der Waals surface area contributed by atoms with Crippen LogP contribution in [-0.2, 0) is 4.79 Å². The Labute approximate surface area is 118 Å². The zero-order chi connectivity index (χ0) is 13.2. The third kappa shape index (κ3) is 3.88. The van der Waals surface area contributed by atoms with Crippen molar-refractivity contribution < 1.29 is 9.18 Å². The summed E-state index contributed by atoms with van der Waals surface area (Å²) in [6, 6.07) is 2.50. The van der Waals surface area contributed by atoms with Crippen molar-refractivity contribution in [2.45, 2.75) is 32.7 Å². The topological polar surface area (TPSA) is 54.0 Å². The number of pyridine rings is 1. The molecule has 0 aliphatic carbocycles. The summed E-state index contributed by atoms with van der Waals surface area (Å²) in [5.41, 5.74) is -0.0810. The first kappa shape index (κ1) is 15.9. The van der Waals surface area contributed by atoms with Crippen molar-refractivity contribution in [1.82, 2.24) is 10.3 Å². The summed E-state index contributed by atoms with van der Waals surface area (Å²) in [7, 11) is 0. The average molecular weight is 288 g/mol. The van der Waals surface area contributed by atoms with Gasteiger partial charge in [0.1, 0.15) is 11.6 Å². The molecule has 1 amide bonds. The van der Waals surface area contributed by atoms with Crippen LogP contribution in [0.2, 0.25) is 0 Å². The van der Waals surface area contributed by atoms with Crippen molar-refractivity contribution in [3.63, 3.8) is 0 Å². The maximum atomic E-state index is 12.7. The van der Waals surface area contributed by atoms with E-state index in [1.54, 1.807) is 0 Å². The van der Waals surface area contributed by atoms with Crippen LogP contribution in [0.3, 0.4) is 0 Å². The van der Waals surface area contributed by atoms with E-state index in [0.29, 0.717) is 5.82 Å². The van der Waals surface area contributed by atoms with Gasteiger partial charge in [0.05, 0.1) is 12.2 Å². The summed E-state index contributed by atoms with van der Waals surface area (Å²) in [5.74, 6) is -0.146. The highest BCUT2D eigenvalue weighted by molar-refractivity contribution is 5.94. The maximum Gasteiger partial charge on any atom is 0.243 e. The van der Waals surface area contributed by atoms with Gasteiger partial charge in [0.2, 0.25) is 5.91 Å². The van der Waals surface area contributed by atoms with Gasteiger partial charge in [-0.1, -0.05) is 13.8 Å². The number of carbonyl (C=O) groups is 1. The molecule has 19 heavy (non-hydrogen) atoms. The Morgan fingerprint density at radius 3 is 2.84 bits per heavy atom. The summed E-state index contributed by atoms with van der Waals surface area (Å²) in [6.45, 7) is 4.99. The Hall–Kier alpha value is -1.20. The largest absolute Gasteiger partial charge is 0.309 e. The van der Waals surface area contributed by atoms with Crippen LogP contribution in [0.15, 0.2) is 18.3 Å². The number of amides is 1. The number of anilines is 1. The number of rotatable bonds is 2. The lowest BCUT2D eigenvalue weighted by Crippen LogP contribution is -2.53. The van der Waals surface area contributed by atoms with E-state index in [0.717, 1.165) is 25.6 Å². The minimum atomic E-state index is -0.413. The third-order valence-electron chi connectivity index (χ3n) is 3.37. The number of hydrogen-bond acceptors (Lipinski definition) is 3. The predicted octanol–water partition coefficient (Wildman–Crippen LogP) is 2.36. The molecule has 0 saturated carbocycles. The molecule has 6 heteroatoms. The zero-order valence-electron chi connectivity index (χ0n) is 11.1. The summed E-state index contributed by atoms with van der Waals surface area (Å²) >= 11 is 0. The molecule has 1 aromatic heterocycles. The fraction of sp³-hybridized carbons (Fsp3) is 0.538. The van der Waals surface area contributed by atoms with Crippen LogP contribution in [0.4, 0.5) is 10.2 Å². The van der Waals surface area contributed by atoms with Crippen LogP contribution >= 0.6 is 12.4 Å². The molecular formula is C13H19ClFN3O. The van der Waals surface area contributed by atoms with E-state index < -0.39 is 5.82 Å². The van der Waals surface area contributed by atoms with Gasteiger partial charge in [-0.25, -0.2) is 9.37 Å². The van der Waals surface area contributed by atoms with Crippen molar-refractivity contribution in [3.05, 3.63) is 24.1 Å². The summed E-state index contributed by atoms with van der Waals surface area (Å²) < 4.78 is 12.7.